The Balaban J connectivity index is 1.59. The molecule has 0 spiro atoms. The Morgan fingerprint density at radius 3 is 2.62 bits per heavy atom. The van der Waals surface area contributed by atoms with Crippen LogP contribution < -0.4 is 10.2 Å². The summed E-state index contributed by atoms with van der Waals surface area (Å²) in [6, 6.07) is 14.9. The van der Waals surface area contributed by atoms with Gasteiger partial charge in [0.05, 0.1) is 6.04 Å². The molecule has 2 amide bonds. The Bertz CT molecular complexity index is 1030. The normalized spacial score (nSPS) is 13.8. The molecule has 0 saturated heterocycles. The van der Waals surface area contributed by atoms with Gasteiger partial charge in [-0.3, -0.25) is 9.59 Å². The van der Waals surface area contributed by atoms with Crippen molar-refractivity contribution in [3.63, 3.8) is 0 Å². The van der Waals surface area contributed by atoms with Crippen molar-refractivity contribution < 1.29 is 9.59 Å². The maximum absolute atomic E-state index is 13.0. The summed E-state index contributed by atoms with van der Waals surface area (Å²) >= 11 is 7.62. The van der Waals surface area contributed by atoms with Crippen molar-refractivity contribution in [1.82, 2.24) is 5.32 Å². The van der Waals surface area contributed by atoms with Gasteiger partial charge >= 0.3 is 0 Å². The highest BCUT2D eigenvalue weighted by molar-refractivity contribution is 7.08. The molecule has 1 aliphatic rings. The second-order valence-electron chi connectivity index (χ2n) is 7.01. The number of amides is 2. The molecule has 1 aliphatic heterocycles. The zero-order chi connectivity index (χ0) is 20.4. The maximum atomic E-state index is 13.0. The van der Waals surface area contributed by atoms with E-state index in [4.69, 9.17) is 11.6 Å². The van der Waals surface area contributed by atoms with Crippen LogP contribution in [-0.2, 0) is 11.2 Å². The zero-order valence-corrected chi connectivity index (χ0v) is 17.6. The number of anilines is 1. The highest BCUT2D eigenvalue weighted by atomic mass is 35.5. The van der Waals surface area contributed by atoms with Crippen LogP contribution in [0.15, 0.2) is 59.3 Å². The lowest BCUT2D eigenvalue weighted by molar-refractivity contribution is -0.118. The number of carbonyl (C=O) groups is 2. The first-order valence-electron chi connectivity index (χ1n) is 9.58. The van der Waals surface area contributed by atoms with Crippen LogP contribution in [0.25, 0.3) is 0 Å². The van der Waals surface area contributed by atoms with Crippen molar-refractivity contribution >= 4 is 40.4 Å². The van der Waals surface area contributed by atoms with Crippen molar-refractivity contribution in [1.29, 1.82) is 0 Å². The van der Waals surface area contributed by atoms with Gasteiger partial charge in [-0.15, -0.1) is 0 Å². The second-order valence-corrected chi connectivity index (χ2v) is 8.22. The number of nitrogens with one attached hydrogen (secondary N) is 1. The molecule has 2 aromatic carbocycles. The van der Waals surface area contributed by atoms with E-state index in [1.54, 1.807) is 22.3 Å². The Morgan fingerprint density at radius 2 is 1.93 bits per heavy atom. The first kappa shape index (κ1) is 19.7. The molecule has 0 radical (unpaired) electrons. The number of fused-ring (bicyclic) bond motifs is 1. The summed E-state index contributed by atoms with van der Waals surface area (Å²) < 4.78 is 0. The number of halogens is 1. The molecule has 1 unspecified atom stereocenters. The topological polar surface area (TPSA) is 49.4 Å². The van der Waals surface area contributed by atoms with Crippen molar-refractivity contribution in [3.8, 4) is 0 Å². The van der Waals surface area contributed by atoms with Gasteiger partial charge in [0.2, 0.25) is 5.91 Å². The lowest BCUT2D eigenvalue weighted by Gasteiger charge is -2.19. The van der Waals surface area contributed by atoms with Crippen molar-refractivity contribution in [2.24, 2.45) is 0 Å². The standard InChI is InChI=1S/C23H21ClN2O2S/c1-2-21(27)26-11-9-16-13-17(5-8-20(16)26)23(28)25-22(18-10-12-29-14-18)15-3-6-19(24)7-4-15/h3-8,10,12-14,22H,2,9,11H2,1H3,(H,25,28). The summed E-state index contributed by atoms with van der Waals surface area (Å²) in [6.07, 6.45) is 1.25. The molecule has 1 N–H and O–H groups in total. The third-order valence-electron chi connectivity index (χ3n) is 5.20. The van der Waals surface area contributed by atoms with E-state index in [-0.39, 0.29) is 17.9 Å². The molecule has 1 atom stereocenters. The molecule has 4 nitrogen and oxygen atoms in total. The van der Waals surface area contributed by atoms with Crippen LogP contribution in [0.3, 0.4) is 0 Å². The third kappa shape index (κ3) is 4.07. The van der Waals surface area contributed by atoms with Gasteiger partial charge in [0.15, 0.2) is 0 Å². The van der Waals surface area contributed by atoms with Crippen molar-refractivity contribution in [3.05, 3.63) is 86.6 Å². The van der Waals surface area contributed by atoms with Gasteiger partial charge in [-0.05, 0) is 70.3 Å². The molecular weight excluding hydrogens is 404 g/mol. The minimum atomic E-state index is -0.252. The van der Waals surface area contributed by atoms with E-state index >= 15 is 0 Å². The fraction of sp³-hybridized carbons (Fsp3) is 0.217. The summed E-state index contributed by atoms with van der Waals surface area (Å²) in [5.41, 5.74) is 4.57. The van der Waals surface area contributed by atoms with Gasteiger partial charge in [0.1, 0.15) is 0 Å². The number of hydrogen-bond donors (Lipinski definition) is 1. The van der Waals surface area contributed by atoms with Gasteiger partial charge in [-0.2, -0.15) is 11.3 Å². The van der Waals surface area contributed by atoms with Crippen molar-refractivity contribution in [2.75, 3.05) is 11.4 Å². The predicted octanol–water partition coefficient (Wildman–Crippen LogP) is 5.22. The maximum Gasteiger partial charge on any atom is 0.252 e. The average Bonchev–Trinajstić information content (AvgIpc) is 3.41. The Morgan fingerprint density at radius 1 is 1.14 bits per heavy atom. The first-order valence-corrected chi connectivity index (χ1v) is 10.9. The summed E-state index contributed by atoms with van der Waals surface area (Å²) in [7, 11) is 0. The summed E-state index contributed by atoms with van der Waals surface area (Å²) in [6.45, 7) is 2.54. The van der Waals surface area contributed by atoms with Gasteiger partial charge in [0.25, 0.3) is 5.91 Å². The number of benzene rings is 2. The van der Waals surface area contributed by atoms with Gasteiger partial charge in [-0.1, -0.05) is 30.7 Å². The van der Waals surface area contributed by atoms with E-state index in [0.29, 0.717) is 23.6 Å². The zero-order valence-electron chi connectivity index (χ0n) is 16.0. The lowest BCUT2D eigenvalue weighted by Crippen LogP contribution is -2.29. The molecule has 0 aliphatic carbocycles. The highest BCUT2D eigenvalue weighted by Crippen LogP contribution is 2.30. The molecule has 6 heteroatoms. The van der Waals surface area contributed by atoms with Gasteiger partial charge in [-0.25, -0.2) is 0 Å². The van der Waals surface area contributed by atoms with Crippen LogP contribution in [0.5, 0.6) is 0 Å². The molecular formula is C23H21ClN2O2S. The smallest absolute Gasteiger partial charge is 0.252 e. The lowest BCUT2D eigenvalue weighted by atomic mass is 10.0. The number of nitrogens with zero attached hydrogens (tertiary/aromatic N) is 1. The molecule has 2 heterocycles. The Hall–Kier alpha value is -2.63. The molecule has 29 heavy (non-hydrogen) atoms. The van der Waals surface area contributed by atoms with Crippen LogP contribution in [0.4, 0.5) is 5.69 Å². The minimum absolute atomic E-state index is 0.112. The van der Waals surface area contributed by atoms with E-state index in [9.17, 15) is 9.59 Å². The monoisotopic (exact) mass is 424 g/mol. The summed E-state index contributed by atoms with van der Waals surface area (Å²) in [4.78, 5) is 26.9. The molecule has 148 valence electrons. The molecule has 4 rings (SSSR count). The first-order chi connectivity index (χ1) is 14.1. The second kappa shape index (κ2) is 8.39. The van der Waals surface area contributed by atoms with Crippen LogP contribution in [0.1, 0.15) is 46.4 Å². The minimum Gasteiger partial charge on any atom is -0.341 e. The molecule has 3 aromatic rings. The molecule has 0 fully saturated rings. The average molecular weight is 425 g/mol. The van der Waals surface area contributed by atoms with E-state index in [1.165, 1.54) is 0 Å². The number of rotatable bonds is 5. The Labute approximate surface area is 179 Å². The van der Waals surface area contributed by atoms with E-state index in [1.807, 2.05) is 60.1 Å². The summed E-state index contributed by atoms with van der Waals surface area (Å²) in [5, 5.41) is 7.85. The summed E-state index contributed by atoms with van der Waals surface area (Å²) in [5.74, 6) is -0.0274. The number of carbonyl (C=O) groups excluding carboxylic acids is 2. The van der Waals surface area contributed by atoms with Gasteiger partial charge < -0.3 is 10.2 Å². The molecule has 0 saturated carbocycles. The SMILES string of the molecule is CCC(=O)N1CCc2cc(C(=O)NC(c3ccc(Cl)cc3)c3ccsc3)ccc21. The largest absolute Gasteiger partial charge is 0.341 e. The Kier molecular flexibility index (Phi) is 5.69. The number of hydrogen-bond acceptors (Lipinski definition) is 3. The quantitative estimate of drug-likeness (QED) is 0.610. The van der Waals surface area contributed by atoms with Gasteiger partial charge in [0, 0.05) is 29.2 Å². The molecule has 1 aromatic heterocycles. The van der Waals surface area contributed by atoms with Crippen LogP contribution in [0, 0.1) is 0 Å². The third-order valence-corrected chi connectivity index (χ3v) is 6.15. The fourth-order valence-electron chi connectivity index (χ4n) is 3.66. The van der Waals surface area contributed by atoms with E-state index < -0.39 is 0 Å². The predicted molar refractivity (Wildman–Crippen MR) is 118 cm³/mol. The van der Waals surface area contributed by atoms with E-state index in [0.717, 1.165) is 28.8 Å². The highest BCUT2D eigenvalue weighted by Gasteiger charge is 2.25. The van der Waals surface area contributed by atoms with E-state index in [2.05, 4.69) is 5.32 Å². The van der Waals surface area contributed by atoms with Crippen LogP contribution in [0.2, 0.25) is 5.02 Å². The fourth-order valence-corrected chi connectivity index (χ4v) is 4.47. The molecule has 0 bridgehead atoms. The van der Waals surface area contributed by atoms with Crippen molar-refractivity contribution in [2.45, 2.75) is 25.8 Å². The van der Waals surface area contributed by atoms with Crippen LogP contribution >= 0.6 is 22.9 Å². The van der Waals surface area contributed by atoms with Crippen LogP contribution in [-0.4, -0.2) is 18.4 Å². The number of thiophene rings is 1.